The molecule has 1 heterocycles. The number of carbonyl (C=O) groups is 1. The lowest BCUT2D eigenvalue weighted by atomic mass is 10.0. The van der Waals surface area contributed by atoms with Gasteiger partial charge in [-0.2, -0.15) is 0 Å². The van der Waals surface area contributed by atoms with Crippen molar-refractivity contribution in [3.8, 4) is 0 Å². The van der Waals surface area contributed by atoms with Crippen molar-refractivity contribution >= 4 is 23.2 Å². The molecule has 3 nitrogen and oxygen atoms in total. The smallest absolute Gasteiger partial charge is 0.238 e. The van der Waals surface area contributed by atoms with Crippen molar-refractivity contribution in [3.63, 3.8) is 0 Å². The van der Waals surface area contributed by atoms with E-state index >= 15 is 0 Å². The molecule has 0 radical (unpaired) electrons. The minimum atomic E-state index is 0.0113. The molecule has 0 bridgehead atoms. The highest BCUT2D eigenvalue weighted by Crippen LogP contribution is 2.20. The van der Waals surface area contributed by atoms with Gasteiger partial charge in [-0.3, -0.25) is 9.69 Å². The minimum Gasteiger partial charge on any atom is -0.324 e. The van der Waals surface area contributed by atoms with Gasteiger partial charge in [0, 0.05) is 6.54 Å². The predicted octanol–water partition coefficient (Wildman–Crippen LogP) is 3.01. The van der Waals surface area contributed by atoms with Crippen LogP contribution < -0.4 is 5.32 Å². The highest BCUT2D eigenvalue weighted by Gasteiger charge is 2.18. The second kappa shape index (κ2) is 6.21. The van der Waals surface area contributed by atoms with Gasteiger partial charge in [0.05, 0.1) is 17.3 Å². The molecule has 18 heavy (non-hydrogen) atoms. The first kappa shape index (κ1) is 13.4. The summed E-state index contributed by atoms with van der Waals surface area (Å²) >= 11 is 6.01. The van der Waals surface area contributed by atoms with E-state index in [9.17, 15) is 4.79 Å². The zero-order chi connectivity index (χ0) is 13.0. The molecular weight excluding hydrogens is 248 g/mol. The van der Waals surface area contributed by atoms with Gasteiger partial charge in [0.15, 0.2) is 0 Å². The fourth-order valence-corrected chi connectivity index (χ4v) is 2.57. The molecule has 1 N–H and O–H groups in total. The number of nitrogens with one attached hydrogen (secondary N) is 1. The van der Waals surface area contributed by atoms with Crippen molar-refractivity contribution in [1.82, 2.24) is 4.90 Å². The second-order valence-electron chi connectivity index (χ2n) is 5.01. The first-order valence-corrected chi connectivity index (χ1v) is 6.79. The summed E-state index contributed by atoms with van der Waals surface area (Å²) in [6, 6.07) is 7.31. The summed E-state index contributed by atoms with van der Waals surface area (Å²) in [5.41, 5.74) is 0.689. The summed E-state index contributed by atoms with van der Waals surface area (Å²) in [5.74, 6) is 0.698. The van der Waals surface area contributed by atoms with E-state index in [-0.39, 0.29) is 5.91 Å². The molecule has 0 aromatic heterocycles. The Morgan fingerprint density at radius 2 is 2.28 bits per heavy atom. The number of rotatable bonds is 3. The molecule has 0 spiro atoms. The Morgan fingerprint density at radius 1 is 1.50 bits per heavy atom. The van der Waals surface area contributed by atoms with Crippen molar-refractivity contribution in [3.05, 3.63) is 29.3 Å². The molecule has 0 aliphatic carbocycles. The van der Waals surface area contributed by atoms with Crippen LogP contribution in [0, 0.1) is 5.92 Å². The van der Waals surface area contributed by atoms with E-state index in [1.807, 2.05) is 18.2 Å². The number of likely N-dealkylation sites (tertiary alicyclic amines) is 1. The van der Waals surface area contributed by atoms with Gasteiger partial charge in [0.2, 0.25) is 5.91 Å². The average molecular weight is 267 g/mol. The summed E-state index contributed by atoms with van der Waals surface area (Å²) in [7, 11) is 0. The first-order chi connectivity index (χ1) is 8.65. The van der Waals surface area contributed by atoms with Crippen LogP contribution in [-0.2, 0) is 4.79 Å². The molecule has 98 valence electrons. The third-order valence-electron chi connectivity index (χ3n) is 3.26. The monoisotopic (exact) mass is 266 g/mol. The number of hydrogen-bond acceptors (Lipinski definition) is 2. The Balaban J connectivity index is 1.87. The number of carbonyl (C=O) groups excluding carboxylic acids is 1. The van der Waals surface area contributed by atoms with Crippen LogP contribution in [0.5, 0.6) is 0 Å². The molecule has 0 saturated carbocycles. The number of amides is 1. The summed E-state index contributed by atoms with van der Waals surface area (Å²) < 4.78 is 0. The molecule has 1 aliphatic heterocycles. The van der Waals surface area contributed by atoms with Gasteiger partial charge in [-0.05, 0) is 37.4 Å². The zero-order valence-electron chi connectivity index (χ0n) is 10.7. The van der Waals surface area contributed by atoms with Crippen molar-refractivity contribution in [1.29, 1.82) is 0 Å². The van der Waals surface area contributed by atoms with Crippen molar-refractivity contribution in [2.45, 2.75) is 19.8 Å². The Bertz CT molecular complexity index is 422. The van der Waals surface area contributed by atoms with Crippen molar-refractivity contribution < 1.29 is 4.79 Å². The number of anilines is 1. The Kier molecular flexibility index (Phi) is 4.61. The van der Waals surface area contributed by atoms with Gasteiger partial charge < -0.3 is 5.32 Å². The molecule has 1 atom stereocenters. The van der Waals surface area contributed by atoms with Crippen LogP contribution in [0.25, 0.3) is 0 Å². The van der Waals surface area contributed by atoms with E-state index in [0.29, 0.717) is 23.2 Å². The lowest BCUT2D eigenvalue weighted by Gasteiger charge is -2.30. The molecule has 1 aromatic carbocycles. The van der Waals surface area contributed by atoms with E-state index in [4.69, 9.17) is 11.6 Å². The molecular formula is C14H19ClN2O. The molecule has 2 rings (SSSR count). The van der Waals surface area contributed by atoms with Crippen LogP contribution in [0.4, 0.5) is 5.69 Å². The van der Waals surface area contributed by atoms with E-state index in [2.05, 4.69) is 17.1 Å². The number of hydrogen-bond donors (Lipinski definition) is 1. The van der Waals surface area contributed by atoms with Crippen LogP contribution in [0.15, 0.2) is 24.3 Å². The van der Waals surface area contributed by atoms with Crippen LogP contribution in [0.1, 0.15) is 19.8 Å². The van der Waals surface area contributed by atoms with Crippen LogP contribution in [0.2, 0.25) is 5.02 Å². The predicted molar refractivity (Wildman–Crippen MR) is 74.9 cm³/mol. The molecule has 1 aromatic rings. The van der Waals surface area contributed by atoms with E-state index < -0.39 is 0 Å². The lowest BCUT2D eigenvalue weighted by molar-refractivity contribution is -0.117. The maximum absolute atomic E-state index is 11.9. The molecule has 0 unspecified atom stereocenters. The molecule has 1 fully saturated rings. The third-order valence-corrected chi connectivity index (χ3v) is 3.59. The van der Waals surface area contributed by atoms with Gasteiger partial charge in [0.1, 0.15) is 0 Å². The third kappa shape index (κ3) is 3.72. The largest absolute Gasteiger partial charge is 0.324 e. The number of halogens is 1. The normalized spacial score (nSPS) is 20.7. The average Bonchev–Trinajstić information content (AvgIpc) is 2.32. The highest BCUT2D eigenvalue weighted by molar-refractivity contribution is 6.33. The van der Waals surface area contributed by atoms with Gasteiger partial charge in [-0.1, -0.05) is 30.7 Å². The maximum atomic E-state index is 11.9. The minimum absolute atomic E-state index is 0.0113. The highest BCUT2D eigenvalue weighted by atomic mass is 35.5. The summed E-state index contributed by atoms with van der Waals surface area (Å²) in [6.07, 6.45) is 2.45. The first-order valence-electron chi connectivity index (χ1n) is 6.42. The van der Waals surface area contributed by atoms with Gasteiger partial charge in [-0.15, -0.1) is 0 Å². The standard InChI is InChI=1S/C14H19ClN2O/c1-11-5-4-8-17(9-11)10-14(18)16-13-7-3-2-6-12(13)15/h2-3,6-7,11H,4-5,8-10H2,1H3,(H,16,18)/t11-/m1/s1. The SMILES string of the molecule is C[C@@H]1CCCN(CC(=O)Nc2ccccc2Cl)C1. The number of piperidine rings is 1. The lowest BCUT2D eigenvalue weighted by Crippen LogP contribution is -2.39. The molecule has 1 amide bonds. The second-order valence-corrected chi connectivity index (χ2v) is 5.42. The number of nitrogens with zero attached hydrogens (tertiary/aromatic N) is 1. The number of para-hydroxylation sites is 1. The molecule has 1 aliphatic rings. The summed E-state index contributed by atoms with van der Waals surface area (Å²) in [4.78, 5) is 14.1. The quantitative estimate of drug-likeness (QED) is 0.912. The Hall–Kier alpha value is -1.06. The van der Waals surface area contributed by atoms with E-state index in [1.54, 1.807) is 6.07 Å². The van der Waals surface area contributed by atoms with Crippen molar-refractivity contribution in [2.24, 2.45) is 5.92 Å². The Labute approximate surface area is 113 Å². The van der Waals surface area contributed by atoms with E-state index in [1.165, 1.54) is 12.8 Å². The fraction of sp³-hybridized carbons (Fsp3) is 0.500. The zero-order valence-corrected chi connectivity index (χ0v) is 11.4. The topological polar surface area (TPSA) is 32.3 Å². The summed E-state index contributed by atoms with van der Waals surface area (Å²) in [5, 5.41) is 3.44. The Morgan fingerprint density at radius 3 is 3.00 bits per heavy atom. The van der Waals surface area contributed by atoms with Crippen molar-refractivity contribution in [2.75, 3.05) is 25.0 Å². The van der Waals surface area contributed by atoms with Crippen LogP contribution in [0.3, 0.4) is 0 Å². The maximum Gasteiger partial charge on any atom is 0.238 e. The summed E-state index contributed by atoms with van der Waals surface area (Å²) in [6.45, 7) is 4.71. The van der Waals surface area contributed by atoms with Crippen LogP contribution >= 0.6 is 11.6 Å². The van der Waals surface area contributed by atoms with Gasteiger partial charge >= 0.3 is 0 Å². The van der Waals surface area contributed by atoms with Gasteiger partial charge in [0.25, 0.3) is 0 Å². The van der Waals surface area contributed by atoms with Gasteiger partial charge in [-0.25, -0.2) is 0 Å². The molecule has 4 heteroatoms. The number of benzene rings is 1. The fourth-order valence-electron chi connectivity index (χ4n) is 2.39. The van der Waals surface area contributed by atoms with E-state index in [0.717, 1.165) is 13.1 Å². The molecule has 1 saturated heterocycles. The van der Waals surface area contributed by atoms with Crippen LogP contribution in [-0.4, -0.2) is 30.4 Å².